The van der Waals surface area contributed by atoms with Crippen molar-refractivity contribution in [2.24, 2.45) is 5.92 Å². The molecule has 60 heavy (non-hydrogen) atoms. The van der Waals surface area contributed by atoms with Crippen LogP contribution < -0.4 is 20.2 Å². The molecule has 0 amide bonds. The first kappa shape index (κ1) is 35.9. The van der Waals surface area contributed by atoms with E-state index in [9.17, 15) is 0 Å². The number of para-hydroxylation sites is 3. The number of hydrogen-bond acceptors (Lipinski definition) is 3. The number of nitrogens with zero attached hydrogens (tertiary/aromatic N) is 3. The van der Waals surface area contributed by atoms with E-state index in [4.69, 9.17) is 0 Å². The number of allylic oxidation sites excluding steroid dienone is 14. The van der Waals surface area contributed by atoms with Gasteiger partial charge >= 0.3 is 0 Å². The second kappa shape index (κ2) is 14.3. The molecule has 0 radical (unpaired) electrons. The Morgan fingerprint density at radius 1 is 0.767 bits per heavy atom. The Morgan fingerprint density at radius 3 is 2.37 bits per heavy atom. The second-order valence-corrected chi connectivity index (χ2v) is 18.2. The zero-order chi connectivity index (χ0) is 39.8. The van der Waals surface area contributed by atoms with Crippen molar-refractivity contribution in [2.75, 3.05) is 14.7 Å². The molecule has 5 atom stereocenters. The van der Waals surface area contributed by atoms with Crippen molar-refractivity contribution in [3.63, 3.8) is 0 Å². The lowest BCUT2D eigenvalue weighted by Gasteiger charge is -2.54. The maximum absolute atomic E-state index is 2.84. The van der Waals surface area contributed by atoms with E-state index in [1.54, 1.807) is 16.6 Å². The van der Waals surface area contributed by atoms with Gasteiger partial charge in [-0.3, -0.25) is 0 Å². The van der Waals surface area contributed by atoms with Crippen LogP contribution in [0.25, 0.3) is 0 Å². The predicted molar refractivity (Wildman–Crippen MR) is 252 cm³/mol. The Hall–Kier alpha value is -6.00. The van der Waals surface area contributed by atoms with E-state index in [1.807, 2.05) is 0 Å². The van der Waals surface area contributed by atoms with Gasteiger partial charge in [0.05, 0.1) is 6.04 Å². The Balaban J connectivity index is 1.11. The summed E-state index contributed by atoms with van der Waals surface area (Å²) in [6, 6.07) is 41.6. The molecule has 4 heteroatoms. The van der Waals surface area contributed by atoms with E-state index in [0.717, 1.165) is 44.9 Å². The van der Waals surface area contributed by atoms with Crippen LogP contribution in [-0.4, -0.2) is 12.8 Å². The molecule has 12 rings (SSSR count). The highest BCUT2D eigenvalue weighted by atomic mass is 15.2. The topological polar surface area (TPSA) is 9.72 Å². The summed E-state index contributed by atoms with van der Waals surface area (Å²) in [5, 5.41) is 0. The molecule has 8 aliphatic rings. The number of rotatable bonds is 7. The standard InChI is InChI=1S/C56H52BN3/c1-56(39-20-7-2-8-21-39,40-22-9-3-10-23-40)41-36-52-54-53(37-41)60-50-33-18-17-30-46(50)47-31-19-32-49(55(47)60)57(54)48-35-34-45(38-51(48)59(52)44-28-15-6-16-29-44)58(42-24-11-4-12-25-42)43-26-13-5-14-27-43/h2-4,6-9,11-13,15-16,18-22,24-29,31-34,37-38,41,46,48,50H,5,10,14,17,23,30,35-36H2,1H3. The third-order valence-electron chi connectivity index (χ3n) is 15.2. The fraction of sp³-hybridized carbons (Fsp3) is 0.250. The lowest BCUT2D eigenvalue weighted by atomic mass is 9.28. The third kappa shape index (κ3) is 5.42. The van der Waals surface area contributed by atoms with Crippen molar-refractivity contribution in [3.05, 3.63) is 227 Å². The largest absolute Gasteiger partial charge is 0.335 e. The number of anilines is 3. The molecule has 5 aliphatic carbocycles. The average Bonchev–Trinajstić information content (AvgIpc) is 3.66. The molecule has 294 valence electrons. The minimum atomic E-state index is -0.191. The van der Waals surface area contributed by atoms with Crippen LogP contribution in [0.3, 0.4) is 0 Å². The van der Waals surface area contributed by atoms with Crippen molar-refractivity contribution in [2.45, 2.75) is 81.5 Å². The maximum Gasteiger partial charge on any atom is 0.226 e. The van der Waals surface area contributed by atoms with Gasteiger partial charge in [0.1, 0.15) is 0 Å². The van der Waals surface area contributed by atoms with Gasteiger partial charge < -0.3 is 14.7 Å². The molecule has 4 aromatic carbocycles. The first-order valence-corrected chi connectivity index (χ1v) is 22.6. The van der Waals surface area contributed by atoms with Crippen molar-refractivity contribution in [1.29, 1.82) is 0 Å². The summed E-state index contributed by atoms with van der Waals surface area (Å²) in [6.45, 7) is 2.83. The monoisotopic (exact) mass is 777 g/mol. The highest BCUT2D eigenvalue weighted by Gasteiger charge is 2.56. The Labute approximate surface area is 356 Å². The van der Waals surface area contributed by atoms with Gasteiger partial charge in [0, 0.05) is 56.9 Å². The molecule has 5 unspecified atom stereocenters. The van der Waals surface area contributed by atoms with Gasteiger partial charge in [0.15, 0.2) is 0 Å². The Bertz CT molecular complexity index is 2660. The summed E-state index contributed by atoms with van der Waals surface area (Å²) in [5.74, 6) is 1.05. The molecule has 3 nitrogen and oxygen atoms in total. The minimum Gasteiger partial charge on any atom is -0.335 e. The van der Waals surface area contributed by atoms with Gasteiger partial charge in [-0.2, -0.15) is 0 Å². The smallest absolute Gasteiger partial charge is 0.226 e. The number of fused-ring (bicyclic) bond motifs is 7. The van der Waals surface area contributed by atoms with Crippen LogP contribution in [0.2, 0.25) is 5.82 Å². The predicted octanol–water partition coefficient (Wildman–Crippen LogP) is 12.8. The lowest BCUT2D eigenvalue weighted by Crippen LogP contribution is -2.57. The molecule has 4 aromatic rings. The third-order valence-corrected chi connectivity index (χ3v) is 15.2. The van der Waals surface area contributed by atoms with Gasteiger partial charge in [0.2, 0.25) is 6.71 Å². The van der Waals surface area contributed by atoms with Crippen molar-refractivity contribution in [1.82, 2.24) is 0 Å². The summed E-state index contributed by atoms with van der Waals surface area (Å²) in [7, 11) is 0. The van der Waals surface area contributed by atoms with Crippen LogP contribution in [-0.2, 0) is 5.41 Å². The molecular weight excluding hydrogens is 725 g/mol. The molecule has 0 saturated carbocycles. The summed E-state index contributed by atoms with van der Waals surface area (Å²) in [6.07, 6.45) is 35.8. The molecule has 3 aliphatic heterocycles. The van der Waals surface area contributed by atoms with Gasteiger partial charge in [-0.05, 0) is 122 Å². The summed E-state index contributed by atoms with van der Waals surface area (Å²) in [5.41, 5.74) is 18.3. The van der Waals surface area contributed by atoms with Gasteiger partial charge in [-0.25, -0.2) is 0 Å². The van der Waals surface area contributed by atoms with Crippen molar-refractivity contribution >= 4 is 29.2 Å². The quantitative estimate of drug-likeness (QED) is 0.137. The van der Waals surface area contributed by atoms with E-state index < -0.39 is 0 Å². The average molecular weight is 778 g/mol. The molecule has 0 aromatic heterocycles. The molecule has 0 saturated heterocycles. The second-order valence-electron chi connectivity index (χ2n) is 18.2. The zero-order valence-corrected chi connectivity index (χ0v) is 34.6. The van der Waals surface area contributed by atoms with Crippen molar-refractivity contribution < 1.29 is 0 Å². The Morgan fingerprint density at radius 2 is 1.58 bits per heavy atom. The molecule has 0 bridgehead atoms. The first-order chi connectivity index (χ1) is 29.7. The SMILES string of the molecule is CC(C1=CC=CCC1)(c1ccccc1)C1C=C2C3=C(C1)N(c1ccccc1)C1=CC(N(C4=CCCC=C4)c4ccccc4)=CCC1B3c1cccc3c1N2C1C=CCCC31. The fourth-order valence-corrected chi connectivity index (χ4v) is 12.4. The molecule has 0 N–H and O–H groups in total. The molecule has 3 heterocycles. The first-order valence-electron chi connectivity index (χ1n) is 22.6. The summed E-state index contributed by atoms with van der Waals surface area (Å²) < 4.78 is 0. The zero-order valence-electron chi connectivity index (χ0n) is 34.6. The molecular formula is C56H52BN3. The van der Waals surface area contributed by atoms with Gasteiger partial charge in [-0.1, -0.05) is 152 Å². The van der Waals surface area contributed by atoms with E-state index >= 15 is 0 Å². The highest BCUT2D eigenvalue weighted by Crippen LogP contribution is 2.60. The van der Waals surface area contributed by atoms with E-state index in [1.165, 1.54) is 63.0 Å². The van der Waals surface area contributed by atoms with Crippen LogP contribution in [0.15, 0.2) is 216 Å². The molecule has 0 fully saturated rings. The van der Waals surface area contributed by atoms with Gasteiger partial charge in [0.25, 0.3) is 0 Å². The van der Waals surface area contributed by atoms with E-state index in [2.05, 4.69) is 198 Å². The van der Waals surface area contributed by atoms with E-state index in [-0.39, 0.29) is 18.0 Å². The summed E-state index contributed by atoms with van der Waals surface area (Å²) in [4.78, 5) is 8.10. The lowest BCUT2D eigenvalue weighted by molar-refractivity contribution is 0.382. The van der Waals surface area contributed by atoms with Crippen molar-refractivity contribution in [3.8, 4) is 0 Å². The van der Waals surface area contributed by atoms with E-state index in [0.29, 0.717) is 17.8 Å². The molecule has 0 spiro atoms. The van der Waals surface area contributed by atoms with Gasteiger partial charge in [-0.15, -0.1) is 0 Å². The highest BCUT2D eigenvalue weighted by molar-refractivity contribution is 6.85. The number of hydrogen-bond donors (Lipinski definition) is 0. The van der Waals surface area contributed by atoms with Crippen LogP contribution in [0, 0.1) is 5.92 Å². The number of benzene rings is 4. The summed E-state index contributed by atoms with van der Waals surface area (Å²) >= 11 is 0. The van der Waals surface area contributed by atoms with Crippen LogP contribution in [0.4, 0.5) is 17.1 Å². The Kier molecular flexibility index (Phi) is 8.58. The fourth-order valence-electron chi connectivity index (χ4n) is 12.4. The van der Waals surface area contributed by atoms with Crippen LogP contribution in [0.1, 0.15) is 75.3 Å². The maximum atomic E-state index is 2.84. The minimum absolute atomic E-state index is 0.191. The van der Waals surface area contributed by atoms with Crippen LogP contribution in [0.5, 0.6) is 0 Å². The van der Waals surface area contributed by atoms with Crippen LogP contribution >= 0.6 is 0 Å². The normalized spacial score (nSPS) is 25.5.